The first-order chi connectivity index (χ1) is 10.4. The summed E-state index contributed by atoms with van der Waals surface area (Å²) in [6.45, 7) is 2.59. The molecule has 0 aliphatic carbocycles. The van der Waals surface area contributed by atoms with Gasteiger partial charge in [-0.15, -0.1) is 0 Å². The van der Waals surface area contributed by atoms with Crippen molar-refractivity contribution < 1.29 is 19.9 Å². The molecule has 0 radical (unpaired) electrons. The highest BCUT2D eigenvalue weighted by Gasteiger charge is 2.15. The molecule has 1 amide bonds. The number of carbonyl (C=O) groups excluding carboxylic acids is 1. The Balaban J connectivity index is 2.57. The lowest BCUT2D eigenvalue weighted by Gasteiger charge is -2.22. The Morgan fingerprint density at radius 2 is 2.09 bits per heavy atom. The highest BCUT2D eigenvalue weighted by atomic mass is 16.6. The van der Waals surface area contributed by atoms with E-state index in [0.29, 0.717) is 19.6 Å². The third-order valence-electron chi connectivity index (χ3n) is 2.97. The summed E-state index contributed by atoms with van der Waals surface area (Å²) in [5.41, 5.74) is -0.00576. The zero-order valence-electron chi connectivity index (χ0n) is 12.4. The number of rotatable bonds is 9. The van der Waals surface area contributed by atoms with Crippen LogP contribution in [0.4, 0.5) is 11.4 Å². The number of anilines is 1. The van der Waals surface area contributed by atoms with Crippen molar-refractivity contribution in [3.8, 4) is 0 Å². The van der Waals surface area contributed by atoms with Gasteiger partial charge >= 0.3 is 0 Å². The third-order valence-corrected chi connectivity index (χ3v) is 2.97. The Bertz CT molecular complexity index is 507. The van der Waals surface area contributed by atoms with Crippen LogP contribution in [0.1, 0.15) is 13.3 Å². The van der Waals surface area contributed by atoms with Gasteiger partial charge in [0.2, 0.25) is 5.91 Å². The van der Waals surface area contributed by atoms with E-state index in [4.69, 9.17) is 5.11 Å². The second-order valence-electron chi connectivity index (χ2n) is 4.95. The average Bonchev–Trinajstić information content (AvgIpc) is 2.45. The van der Waals surface area contributed by atoms with Gasteiger partial charge in [-0.05, 0) is 13.0 Å². The minimum absolute atomic E-state index is 0.0709. The Morgan fingerprint density at radius 3 is 2.68 bits per heavy atom. The molecule has 122 valence electrons. The molecular weight excluding hydrogens is 290 g/mol. The topological polar surface area (TPSA) is 116 Å². The molecule has 0 spiro atoms. The number of nitrogens with one attached hydrogen (secondary N) is 1. The molecule has 1 unspecified atom stereocenters. The van der Waals surface area contributed by atoms with Crippen LogP contribution >= 0.6 is 0 Å². The number of hydrogen-bond acceptors (Lipinski definition) is 6. The summed E-state index contributed by atoms with van der Waals surface area (Å²) >= 11 is 0. The zero-order chi connectivity index (χ0) is 16.5. The quantitative estimate of drug-likeness (QED) is 0.454. The van der Waals surface area contributed by atoms with E-state index >= 15 is 0 Å². The van der Waals surface area contributed by atoms with Crippen LogP contribution in [0.15, 0.2) is 24.3 Å². The number of benzene rings is 1. The van der Waals surface area contributed by atoms with Crippen molar-refractivity contribution in [2.45, 2.75) is 19.4 Å². The Morgan fingerprint density at radius 1 is 1.41 bits per heavy atom. The van der Waals surface area contributed by atoms with Crippen LogP contribution in [0.2, 0.25) is 0 Å². The second kappa shape index (κ2) is 9.08. The van der Waals surface area contributed by atoms with Gasteiger partial charge in [0.15, 0.2) is 0 Å². The molecule has 1 aromatic rings. The predicted octanol–water partition coefficient (Wildman–Crippen LogP) is 0.598. The molecule has 0 bridgehead atoms. The molecule has 0 heterocycles. The number of nitro groups is 1. The summed E-state index contributed by atoms with van der Waals surface area (Å²) in [6.07, 6.45) is -0.455. The SMILES string of the molecule is CC(O)CN(CCO)CCC(=O)Nc1ccccc1[N+](=O)[O-]. The molecule has 3 N–H and O–H groups in total. The molecule has 0 aromatic heterocycles. The van der Waals surface area contributed by atoms with Crippen LogP contribution in [0, 0.1) is 10.1 Å². The van der Waals surface area contributed by atoms with Gasteiger partial charge in [-0.25, -0.2) is 0 Å². The van der Waals surface area contributed by atoms with E-state index in [9.17, 15) is 20.0 Å². The molecule has 8 nitrogen and oxygen atoms in total. The lowest BCUT2D eigenvalue weighted by atomic mass is 10.2. The van der Waals surface area contributed by atoms with E-state index in [1.807, 2.05) is 0 Å². The maximum atomic E-state index is 11.9. The van der Waals surface area contributed by atoms with Crippen LogP contribution < -0.4 is 5.32 Å². The predicted molar refractivity (Wildman–Crippen MR) is 81.5 cm³/mol. The smallest absolute Gasteiger partial charge is 0.292 e. The standard InChI is InChI=1S/C14H21N3O5/c1-11(19)10-16(8-9-18)7-6-14(20)15-12-4-2-3-5-13(12)17(21)22/h2-5,11,18-19H,6-10H2,1H3,(H,15,20). The van der Waals surface area contributed by atoms with Gasteiger partial charge in [0, 0.05) is 32.1 Å². The molecule has 8 heteroatoms. The first-order valence-corrected chi connectivity index (χ1v) is 6.98. The molecule has 0 saturated heterocycles. The maximum Gasteiger partial charge on any atom is 0.292 e. The van der Waals surface area contributed by atoms with Crippen LogP contribution in [-0.4, -0.2) is 58.3 Å². The highest BCUT2D eigenvalue weighted by molar-refractivity contribution is 5.93. The van der Waals surface area contributed by atoms with E-state index in [1.54, 1.807) is 17.9 Å². The number of amides is 1. The number of para-hydroxylation sites is 2. The van der Waals surface area contributed by atoms with Gasteiger partial charge in [0.25, 0.3) is 5.69 Å². The molecule has 1 aromatic carbocycles. The normalized spacial score (nSPS) is 12.2. The second-order valence-corrected chi connectivity index (χ2v) is 4.95. The minimum atomic E-state index is -0.565. The van der Waals surface area contributed by atoms with E-state index in [0.717, 1.165) is 0 Å². The summed E-state index contributed by atoms with van der Waals surface area (Å²) < 4.78 is 0. The number of hydrogen-bond donors (Lipinski definition) is 3. The van der Waals surface area contributed by atoms with Crippen molar-refractivity contribution in [1.82, 2.24) is 4.90 Å². The Hall–Kier alpha value is -2.03. The van der Waals surface area contributed by atoms with Gasteiger partial charge in [0.05, 0.1) is 17.6 Å². The summed E-state index contributed by atoms with van der Waals surface area (Å²) in [6, 6.07) is 5.92. The van der Waals surface area contributed by atoms with E-state index < -0.39 is 11.0 Å². The average molecular weight is 311 g/mol. The number of nitro benzene ring substituents is 1. The third kappa shape index (κ3) is 6.17. The largest absolute Gasteiger partial charge is 0.395 e. The summed E-state index contributed by atoms with van der Waals surface area (Å²) in [5, 5.41) is 31.7. The maximum absolute atomic E-state index is 11.9. The Labute approximate surface area is 128 Å². The fourth-order valence-corrected chi connectivity index (χ4v) is 2.02. The molecule has 22 heavy (non-hydrogen) atoms. The first kappa shape index (κ1) is 18.0. The van der Waals surface area contributed by atoms with Crippen molar-refractivity contribution in [1.29, 1.82) is 0 Å². The van der Waals surface area contributed by atoms with Gasteiger partial charge < -0.3 is 15.5 Å². The summed E-state index contributed by atoms with van der Waals surface area (Å²) in [4.78, 5) is 24.0. The number of aliphatic hydroxyl groups is 2. The van der Waals surface area contributed by atoms with Gasteiger partial charge in [-0.1, -0.05) is 12.1 Å². The molecule has 1 atom stereocenters. The number of aliphatic hydroxyl groups excluding tert-OH is 2. The molecule has 0 saturated carbocycles. The lowest BCUT2D eigenvalue weighted by molar-refractivity contribution is -0.383. The van der Waals surface area contributed by atoms with E-state index in [-0.39, 0.29) is 30.3 Å². The van der Waals surface area contributed by atoms with Crippen molar-refractivity contribution in [2.75, 3.05) is 31.6 Å². The fraction of sp³-hybridized carbons (Fsp3) is 0.500. The minimum Gasteiger partial charge on any atom is -0.395 e. The molecule has 0 aliphatic rings. The summed E-state index contributed by atoms with van der Waals surface area (Å²) in [5.74, 6) is -0.358. The molecule has 0 fully saturated rings. The van der Waals surface area contributed by atoms with Crippen LogP contribution in [-0.2, 0) is 4.79 Å². The van der Waals surface area contributed by atoms with Crippen molar-refractivity contribution in [3.05, 3.63) is 34.4 Å². The summed E-state index contributed by atoms with van der Waals surface area (Å²) in [7, 11) is 0. The van der Waals surface area contributed by atoms with Gasteiger partial charge in [-0.2, -0.15) is 0 Å². The first-order valence-electron chi connectivity index (χ1n) is 6.98. The fourth-order valence-electron chi connectivity index (χ4n) is 2.02. The van der Waals surface area contributed by atoms with Crippen LogP contribution in [0.25, 0.3) is 0 Å². The Kier molecular flexibility index (Phi) is 7.44. The van der Waals surface area contributed by atoms with Gasteiger partial charge in [0.1, 0.15) is 5.69 Å². The van der Waals surface area contributed by atoms with Crippen molar-refractivity contribution in [2.24, 2.45) is 0 Å². The van der Waals surface area contributed by atoms with Crippen LogP contribution in [0.5, 0.6) is 0 Å². The van der Waals surface area contributed by atoms with Gasteiger partial charge in [-0.3, -0.25) is 19.8 Å². The van der Waals surface area contributed by atoms with E-state index in [2.05, 4.69) is 5.32 Å². The highest BCUT2D eigenvalue weighted by Crippen LogP contribution is 2.23. The molecular formula is C14H21N3O5. The number of carbonyl (C=O) groups is 1. The van der Waals surface area contributed by atoms with Crippen LogP contribution in [0.3, 0.4) is 0 Å². The lowest BCUT2D eigenvalue weighted by Crippen LogP contribution is -2.35. The monoisotopic (exact) mass is 311 g/mol. The molecule has 1 rings (SSSR count). The molecule has 0 aliphatic heterocycles. The van der Waals surface area contributed by atoms with Crippen molar-refractivity contribution in [3.63, 3.8) is 0 Å². The van der Waals surface area contributed by atoms with E-state index in [1.165, 1.54) is 18.2 Å². The van der Waals surface area contributed by atoms with Crippen molar-refractivity contribution >= 4 is 17.3 Å². The zero-order valence-corrected chi connectivity index (χ0v) is 12.4. The number of nitrogens with zero attached hydrogens (tertiary/aromatic N) is 2.